The van der Waals surface area contributed by atoms with Crippen LogP contribution in [0.25, 0.3) is 0 Å². The van der Waals surface area contributed by atoms with E-state index in [4.69, 9.17) is 23.8 Å². The molecule has 0 bridgehead atoms. The van der Waals surface area contributed by atoms with Crippen LogP contribution in [0.2, 0.25) is 0 Å². The minimum atomic E-state index is -2.19. The summed E-state index contributed by atoms with van der Waals surface area (Å²) in [6.45, 7) is 13.0. The van der Waals surface area contributed by atoms with Crippen molar-refractivity contribution in [3.63, 3.8) is 0 Å². The number of ether oxygens (including phenoxy) is 4. The molecule has 22 unspecified atom stereocenters. The number of rotatable bonds is 40. The van der Waals surface area contributed by atoms with Crippen molar-refractivity contribution in [2.45, 2.75) is 241 Å². The molecule has 0 saturated carbocycles. The number of aromatic nitrogens is 4. The number of nitrogens with one attached hydrogen (secondary N) is 4. The minimum absolute atomic E-state index is 0.0165. The molecule has 5 heterocycles. The zero-order valence-electron chi connectivity index (χ0n) is 61.2. The highest BCUT2D eigenvalue weighted by Gasteiger charge is 2.53. The van der Waals surface area contributed by atoms with E-state index in [2.05, 4.69) is 41.7 Å². The molecule has 0 aliphatic carbocycles. The number of likely N-dealkylation sites (tertiary alicyclic amines) is 1. The number of thiazole rings is 1. The zero-order valence-corrected chi connectivity index (χ0v) is 62.0. The second-order valence-corrected chi connectivity index (χ2v) is 29.1. The summed E-state index contributed by atoms with van der Waals surface area (Å²) in [5.41, 5.74) is -0.826. The van der Waals surface area contributed by atoms with Gasteiger partial charge in [-0.3, -0.25) is 33.7 Å². The third kappa shape index (κ3) is 22.9. The normalized spacial score (nSPS) is 25.8. The Kier molecular flexibility index (Phi) is 33.3. The topological polar surface area (TPSA) is 482 Å². The molecule has 34 nitrogen and oxygen atoms in total. The van der Waals surface area contributed by atoms with Crippen molar-refractivity contribution in [1.29, 1.82) is 0 Å². The summed E-state index contributed by atoms with van der Waals surface area (Å²) < 4.78 is 24.4. The molecule has 6 amide bonds. The van der Waals surface area contributed by atoms with Crippen LogP contribution in [0, 0.1) is 23.7 Å². The smallest absolute Gasteiger partial charge is 0.336 e. The highest BCUT2D eigenvalue weighted by molar-refractivity contribution is 7.09. The van der Waals surface area contributed by atoms with E-state index in [1.54, 1.807) is 64.8 Å². The van der Waals surface area contributed by atoms with Crippen LogP contribution in [-0.4, -0.2) is 303 Å². The van der Waals surface area contributed by atoms with Crippen LogP contribution >= 0.6 is 11.3 Å². The molecule has 35 heteroatoms. The maximum atomic E-state index is 14.9. The Morgan fingerprint density at radius 2 is 1.59 bits per heavy atom. The summed E-state index contributed by atoms with van der Waals surface area (Å²) in [5.74, 6) is -6.02. The first kappa shape index (κ1) is 86.1. The van der Waals surface area contributed by atoms with Crippen LogP contribution in [0.3, 0.4) is 0 Å². The molecule has 3 aromatic rings. The zero-order chi connectivity index (χ0) is 77.0. The first-order chi connectivity index (χ1) is 49.2. The van der Waals surface area contributed by atoms with Gasteiger partial charge in [0.25, 0.3) is 5.91 Å². The Labute approximate surface area is 609 Å². The third-order valence-corrected chi connectivity index (χ3v) is 20.8. The molecule has 0 spiro atoms. The van der Waals surface area contributed by atoms with Crippen LogP contribution in [0.5, 0.6) is 0 Å². The molecule has 0 radical (unpaired) electrons. The second-order valence-electron chi connectivity index (χ2n) is 28.2. The van der Waals surface area contributed by atoms with Crippen LogP contribution in [0.15, 0.2) is 53.3 Å². The third-order valence-electron chi connectivity index (χ3n) is 19.9. The molecule has 22 atom stereocenters. The number of carbonyl (C=O) groups is 7. The van der Waals surface area contributed by atoms with Gasteiger partial charge >= 0.3 is 5.97 Å². The Morgan fingerprint density at radius 3 is 2.20 bits per heavy atom. The van der Waals surface area contributed by atoms with Crippen molar-refractivity contribution in [2.75, 3.05) is 54.6 Å². The lowest BCUT2D eigenvalue weighted by molar-refractivity contribution is -0.284. The fourth-order valence-corrected chi connectivity index (χ4v) is 14.7. The lowest BCUT2D eigenvalue weighted by Crippen LogP contribution is -2.64. The number of methoxy groups -OCH3 is 2. The van der Waals surface area contributed by atoms with E-state index in [0.717, 1.165) is 23.7 Å². The number of amides is 6. The van der Waals surface area contributed by atoms with E-state index in [9.17, 15) is 84.6 Å². The number of oxime groups is 1. The van der Waals surface area contributed by atoms with Crippen molar-refractivity contribution in [3.8, 4) is 0 Å². The van der Waals surface area contributed by atoms with Gasteiger partial charge in [-0.05, 0) is 62.5 Å². The van der Waals surface area contributed by atoms with Gasteiger partial charge in [0.05, 0.1) is 91.5 Å². The molecule has 584 valence electrons. The number of aliphatic hydroxyl groups excluding tert-OH is 9. The van der Waals surface area contributed by atoms with Gasteiger partial charge in [0.15, 0.2) is 18.5 Å². The summed E-state index contributed by atoms with van der Waals surface area (Å²) in [4.78, 5) is 110. The van der Waals surface area contributed by atoms with E-state index in [1.165, 1.54) is 41.3 Å². The number of hydrogen-bond donors (Lipinski definition) is 14. The number of aliphatic carboxylic acids is 1. The highest BCUT2D eigenvalue weighted by Crippen LogP contribution is 2.37. The van der Waals surface area contributed by atoms with E-state index in [1.807, 2.05) is 49.6 Å². The number of carboxylic acid groups (broad SMARTS) is 1. The molecule has 3 saturated heterocycles. The average molecular weight is 1490 g/mol. The molecular weight excluding hydrogens is 1380 g/mol. The molecule has 6 rings (SSSR count). The van der Waals surface area contributed by atoms with Gasteiger partial charge < -0.3 is 106 Å². The summed E-state index contributed by atoms with van der Waals surface area (Å²) in [6.07, 6.45) is -15.2. The van der Waals surface area contributed by atoms with E-state index < -0.39 is 189 Å². The standard InChI is InChI=1S/C69H110N12O22S/c1-13-38(6)56(49(99-11)29-52(87)81-26-17-20-44(81)62(100-12)39(7)63(93)74-43(65-71-25-27-104-65)28-41-18-15-14-16-19-41)79(10)66(95)53(36(2)3)75-64(94)55(37(4)5)78(9)33-46(84)57(88)58(89)47(85)34-80-32-42(76-77-80)22-24-70-51(86)35-101-72-31-50-54(73-40(8)82)45(83)30-69(103-50,68(97)98)23-21-48-59(90)60(91)61(92)67(96)102-48/h14-16,18-19,25,27,31-32,36-39,43-50,53-62,67,83-85,88-92,96H,13,17,20-24,26,28-30,33-35H2,1-12H3,(H,70,86)(H,73,82)(H,74,93)(H,75,94)(H,97,98)/b72-31+. The average Bonchev–Trinajstić information content (AvgIpc) is 1.40. The van der Waals surface area contributed by atoms with E-state index in [-0.39, 0.29) is 56.1 Å². The number of carboxylic acids is 1. The SMILES string of the molecule is CCC(C)C(C(CC(=O)N1CCCC1C(OC)C(C)C(=O)NC(Cc1ccccc1)c1nccs1)OC)N(C)C(=O)C(NC(=O)C(C(C)C)N(C)CC(O)C(O)C(O)C(O)Cn1cc(CCNC(=O)CO/N=C/C2OC(CCC3OC(O)C(O)C(O)C3O)(C(=O)O)CC(O)C2NC(C)=O)nn1)C(C)C. The predicted octanol–water partition coefficient (Wildman–Crippen LogP) is -1.99. The van der Waals surface area contributed by atoms with Crippen molar-refractivity contribution in [3.05, 3.63) is 64.4 Å². The Morgan fingerprint density at radius 1 is 0.894 bits per heavy atom. The van der Waals surface area contributed by atoms with Gasteiger partial charge in [-0.15, -0.1) is 16.4 Å². The summed E-state index contributed by atoms with van der Waals surface area (Å²) in [5, 5.41) is 132. The molecule has 1 aromatic carbocycles. The molecule has 14 N–H and O–H groups in total. The van der Waals surface area contributed by atoms with Crippen LogP contribution in [-0.2, 0) is 76.7 Å². The van der Waals surface area contributed by atoms with Gasteiger partial charge in [-0.1, -0.05) is 95.6 Å². The van der Waals surface area contributed by atoms with Crippen LogP contribution in [0.4, 0.5) is 0 Å². The van der Waals surface area contributed by atoms with Crippen molar-refractivity contribution < 1.29 is 108 Å². The molecule has 3 aliphatic heterocycles. The largest absolute Gasteiger partial charge is 0.479 e. The number of nitrogens with zero attached hydrogens (tertiary/aromatic N) is 8. The summed E-state index contributed by atoms with van der Waals surface area (Å²) in [6, 6.07) is 5.06. The number of hydrogen-bond acceptors (Lipinski definition) is 27. The Hall–Kier alpha value is -6.81. The van der Waals surface area contributed by atoms with Crippen LogP contribution < -0.4 is 21.3 Å². The fourth-order valence-electron chi connectivity index (χ4n) is 14.0. The first-order valence-corrected chi connectivity index (χ1v) is 36.2. The molecule has 3 aliphatic rings. The minimum Gasteiger partial charge on any atom is -0.479 e. The quantitative estimate of drug-likeness (QED) is 0.0217. The first-order valence-electron chi connectivity index (χ1n) is 35.3. The lowest BCUT2D eigenvalue weighted by atomic mass is 9.81. The number of aliphatic hydroxyl groups is 9. The van der Waals surface area contributed by atoms with Gasteiger partial charge in [0, 0.05) is 78.4 Å². The Bertz CT molecular complexity index is 3230. The molecule has 104 heavy (non-hydrogen) atoms. The number of likely N-dealkylation sites (N-methyl/N-ethyl adjacent to an activating group) is 2. The molecule has 3 fully saturated rings. The predicted molar refractivity (Wildman–Crippen MR) is 374 cm³/mol. The number of carbonyl (C=O) groups excluding carboxylic acids is 6. The second kappa shape index (κ2) is 40.2. The summed E-state index contributed by atoms with van der Waals surface area (Å²) >= 11 is 1.46. The summed E-state index contributed by atoms with van der Waals surface area (Å²) in [7, 11) is 6.20. The molecular formula is C69H110N12O22S. The van der Waals surface area contributed by atoms with Gasteiger partial charge in [0.1, 0.15) is 53.8 Å². The van der Waals surface area contributed by atoms with Crippen LogP contribution in [0.1, 0.15) is 123 Å². The van der Waals surface area contributed by atoms with Crippen molar-refractivity contribution >= 4 is 59.0 Å². The molecule has 2 aromatic heterocycles. The van der Waals surface area contributed by atoms with Crippen molar-refractivity contribution in [2.24, 2.45) is 28.8 Å². The maximum absolute atomic E-state index is 14.9. The van der Waals surface area contributed by atoms with Gasteiger partial charge in [0.2, 0.25) is 29.5 Å². The van der Waals surface area contributed by atoms with E-state index in [0.29, 0.717) is 37.9 Å². The van der Waals surface area contributed by atoms with E-state index >= 15 is 0 Å². The number of benzene rings is 1. The van der Waals surface area contributed by atoms with Crippen molar-refractivity contribution in [1.82, 2.24) is 55.9 Å². The fraction of sp³-hybridized carbons (Fsp3) is 0.725. The van der Waals surface area contributed by atoms with Gasteiger partial charge in [-0.2, -0.15) is 0 Å². The Balaban J connectivity index is 0.983. The monoisotopic (exact) mass is 1490 g/mol. The lowest BCUT2D eigenvalue weighted by Gasteiger charge is -2.45. The maximum Gasteiger partial charge on any atom is 0.336 e. The van der Waals surface area contributed by atoms with Gasteiger partial charge in [-0.25, -0.2) is 14.5 Å². The highest BCUT2D eigenvalue weighted by atomic mass is 32.1.